The van der Waals surface area contributed by atoms with Crippen LogP contribution in [0.2, 0.25) is 0 Å². The number of hydrogen-bond acceptors (Lipinski definition) is 5. The molecule has 166 valence electrons. The molecule has 0 saturated heterocycles. The van der Waals surface area contributed by atoms with E-state index in [0.717, 1.165) is 18.2 Å². The molecule has 0 aliphatic heterocycles. The Bertz CT molecular complexity index is 997. The van der Waals surface area contributed by atoms with Crippen LogP contribution in [0.5, 0.6) is 0 Å². The van der Waals surface area contributed by atoms with Crippen LogP contribution in [0.4, 0.5) is 17.6 Å². The summed E-state index contributed by atoms with van der Waals surface area (Å²) in [5, 5.41) is 7.82. The summed E-state index contributed by atoms with van der Waals surface area (Å²) in [7, 11) is 0. The first-order valence-corrected chi connectivity index (χ1v) is 10.1. The highest BCUT2D eigenvalue weighted by molar-refractivity contribution is 7.92. The van der Waals surface area contributed by atoms with Gasteiger partial charge >= 0.3 is 12.1 Å². The van der Waals surface area contributed by atoms with Gasteiger partial charge in [0.1, 0.15) is 18.0 Å². The van der Waals surface area contributed by atoms with Crippen LogP contribution in [0.15, 0.2) is 42.5 Å². The molecule has 31 heavy (non-hydrogen) atoms. The van der Waals surface area contributed by atoms with E-state index in [4.69, 9.17) is 5.14 Å². The Hall–Kier alpha value is -2.59. The molecule has 1 aliphatic carbocycles. The van der Waals surface area contributed by atoms with Crippen LogP contribution in [0.25, 0.3) is 0 Å². The van der Waals surface area contributed by atoms with Crippen molar-refractivity contribution in [1.29, 1.82) is 0 Å². The topological polar surface area (TPSA) is 81.4 Å². The van der Waals surface area contributed by atoms with Crippen molar-refractivity contribution >= 4 is 24.1 Å². The third-order valence-electron chi connectivity index (χ3n) is 5.62. The van der Waals surface area contributed by atoms with Gasteiger partial charge in [-0.2, -0.15) is 13.2 Å². The number of nitrogens with one attached hydrogen (secondary N) is 1. The Balaban J connectivity index is 1.66. The molecule has 0 heterocycles. The first-order chi connectivity index (χ1) is 14.5. The number of carbonyl (C=O) groups excluding carboxylic acids is 2. The predicted octanol–water partition coefficient (Wildman–Crippen LogP) is 4.68. The highest BCUT2D eigenvalue weighted by atomic mass is 32.2. The Labute approximate surface area is 180 Å². The highest BCUT2D eigenvalue weighted by Gasteiger charge is 2.55. The summed E-state index contributed by atoms with van der Waals surface area (Å²) in [4.78, 5) is 24.3. The number of nitrogens with two attached hydrogens (primary N) is 1. The van der Waals surface area contributed by atoms with Gasteiger partial charge in [0, 0.05) is 11.3 Å². The van der Waals surface area contributed by atoms with E-state index in [1.54, 1.807) is 6.92 Å². The molecule has 1 aliphatic rings. The number of amides is 1. The van der Waals surface area contributed by atoms with Crippen molar-refractivity contribution in [2.24, 2.45) is 11.1 Å². The van der Waals surface area contributed by atoms with E-state index in [-0.39, 0.29) is 11.5 Å². The van der Waals surface area contributed by atoms with Gasteiger partial charge in [-0.25, -0.2) is 14.3 Å². The second-order valence-electron chi connectivity index (χ2n) is 7.69. The van der Waals surface area contributed by atoms with E-state index in [1.807, 2.05) is 6.92 Å². The molecule has 0 spiro atoms. The zero-order chi connectivity index (χ0) is 23.0. The smallest absolute Gasteiger partial charge is 0.371 e. The Morgan fingerprint density at radius 2 is 1.87 bits per heavy atom. The molecule has 3 rings (SSSR count). The number of rotatable bonds is 6. The minimum atomic E-state index is -4.42. The first-order valence-electron chi connectivity index (χ1n) is 9.32. The third-order valence-corrected chi connectivity index (χ3v) is 5.87. The highest BCUT2D eigenvalue weighted by Crippen LogP contribution is 2.54. The summed E-state index contributed by atoms with van der Waals surface area (Å²) < 4.78 is 57.0. The fraction of sp³-hybridized carbons (Fsp3) is 0.333. The zero-order valence-corrected chi connectivity index (χ0v) is 17.4. The average Bonchev–Trinajstić information content (AvgIpc) is 3.40. The van der Waals surface area contributed by atoms with Crippen LogP contribution in [-0.4, -0.2) is 11.9 Å². The van der Waals surface area contributed by atoms with E-state index in [0.29, 0.717) is 29.8 Å². The molecule has 3 atom stereocenters. The van der Waals surface area contributed by atoms with Crippen LogP contribution in [0, 0.1) is 11.7 Å². The Morgan fingerprint density at radius 3 is 2.42 bits per heavy atom. The Kier molecular flexibility index (Phi) is 6.33. The predicted molar refractivity (Wildman–Crippen MR) is 107 cm³/mol. The van der Waals surface area contributed by atoms with Gasteiger partial charge < -0.3 is 9.50 Å². The van der Waals surface area contributed by atoms with Crippen LogP contribution in [0.3, 0.4) is 0 Å². The van der Waals surface area contributed by atoms with Crippen LogP contribution in [-0.2, 0) is 20.6 Å². The molecule has 1 amide bonds. The van der Waals surface area contributed by atoms with Crippen LogP contribution >= 0.6 is 12.2 Å². The van der Waals surface area contributed by atoms with E-state index in [2.05, 4.69) is 9.50 Å². The summed E-state index contributed by atoms with van der Waals surface area (Å²) in [6.07, 6.45) is -3.92. The fourth-order valence-corrected chi connectivity index (χ4v) is 3.74. The molecular formula is C21H20F4N2O3S. The normalized spacial score (nSPS) is 21.3. The van der Waals surface area contributed by atoms with Crippen LogP contribution in [0.1, 0.15) is 53.4 Å². The lowest BCUT2D eigenvalue weighted by Gasteiger charge is -2.17. The van der Waals surface area contributed by atoms with E-state index >= 15 is 0 Å². The van der Waals surface area contributed by atoms with Crippen molar-refractivity contribution in [2.75, 3.05) is 0 Å². The molecule has 1 saturated carbocycles. The van der Waals surface area contributed by atoms with Crippen molar-refractivity contribution in [3.8, 4) is 0 Å². The van der Waals surface area contributed by atoms with Gasteiger partial charge in [0.05, 0.1) is 17.2 Å². The first kappa shape index (κ1) is 23.1. The van der Waals surface area contributed by atoms with Crippen molar-refractivity contribution in [2.45, 2.75) is 37.9 Å². The zero-order valence-electron chi connectivity index (χ0n) is 16.6. The van der Waals surface area contributed by atoms with E-state index in [1.165, 1.54) is 24.3 Å². The monoisotopic (exact) mass is 456 g/mol. The molecule has 0 bridgehead atoms. The maximum atomic E-state index is 14.2. The largest absolute Gasteiger partial charge is 0.416 e. The molecule has 10 heteroatoms. The summed E-state index contributed by atoms with van der Waals surface area (Å²) in [6.45, 7) is 3.48. The average molecular weight is 456 g/mol. The van der Waals surface area contributed by atoms with Crippen LogP contribution < -0.4 is 10.5 Å². The SMILES string of the molecule is C[C@@H](NC(=O)C1CC1(C)c1ccc(C(F)(F)F)cc1)c1ccc(C(=O)OSN)c(F)c1. The molecule has 0 aromatic heterocycles. The number of halogens is 4. The third kappa shape index (κ3) is 4.85. The van der Waals surface area contributed by atoms with Crippen molar-refractivity contribution in [3.63, 3.8) is 0 Å². The second-order valence-corrected chi connectivity index (χ2v) is 8.04. The van der Waals surface area contributed by atoms with Crippen molar-refractivity contribution in [1.82, 2.24) is 5.32 Å². The molecule has 2 unspecified atom stereocenters. The molecule has 2 aromatic rings. The minimum Gasteiger partial charge on any atom is -0.371 e. The molecule has 5 nitrogen and oxygen atoms in total. The summed E-state index contributed by atoms with van der Waals surface area (Å²) >= 11 is 0.313. The lowest BCUT2D eigenvalue weighted by molar-refractivity contribution is -0.137. The van der Waals surface area contributed by atoms with Gasteiger partial charge in [0.2, 0.25) is 5.91 Å². The molecule has 0 radical (unpaired) electrons. The van der Waals surface area contributed by atoms with Gasteiger partial charge in [0.25, 0.3) is 0 Å². The maximum Gasteiger partial charge on any atom is 0.416 e. The summed E-state index contributed by atoms with van der Waals surface area (Å²) in [6, 6.07) is 8.13. The van der Waals surface area contributed by atoms with Gasteiger partial charge in [-0.15, -0.1) is 0 Å². The number of alkyl halides is 3. The van der Waals surface area contributed by atoms with Gasteiger partial charge in [0.15, 0.2) is 0 Å². The van der Waals surface area contributed by atoms with Gasteiger partial charge in [-0.3, -0.25) is 4.79 Å². The molecule has 1 fully saturated rings. The summed E-state index contributed by atoms with van der Waals surface area (Å²) in [5.74, 6) is -2.41. The van der Waals surface area contributed by atoms with Crippen molar-refractivity contribution in [3.05, 3.63) is 70.5 Å². The van der Waals surface area contributed by atoms with Gasteiger partial charge in [-0.05, 0) is 48.7 Å². The lowest BCUT2D eigenvalue weighted by atomic mass is 9.94. The minimum absolute atomic E-state index is 0.279. The number of benzene rings is 2. The van der Waals surface area contributed by atoms with Crippen molar-refractivity contribution < 1.29 is 31.3 Å². The number of hydrogen-bond donors (Lipinski definition) is 2. The van der Waals surface area contributed by atoms with E-state index < -0.39 is 40.9 Å². The molecular weight excluding hydrogens is 436 g/mol. The molecule has 3 N–H and O–H groups in total. The standard InChI is InChI=1S/C21H20F4N2O3S/c1-11(12-3-8-15(17(22)9-12)19(29)30-31-26)27-18(28)16-10-20(16,2)13-4-6-14(7-5-13)21(23,24)25/h3-9,11,16H,10,26H2,1-2H3,(H,27,28)/t11-,16?,20?/m1/s1. The van der Waals surface area contributed by atoms with Gasteiger partial charge in [-0.1, -0.05) is 25.1 Å². The maximum absolute atomic E-state index is 14.2. The quantitative estimate of drug-likeness (QED) is 0.375. The Morgan fingerprint density at radius 1 is 1.23 bits per heavy atom. The number of carbonyl (C=O) groups is 2. The summed E-state index contributed by atoms with van der Waals surface area (Å²) in [5.41, 5.74) is -0.487. The lowest BCUT2D eigenvalue weighted by Crippen LogP contribution is -2.30. The fourth-order valence-electron chi connectivity index (χ4n) is 3.56. The molecule has 2 aromatic carbocycles. The van der Waals surface area contributed by atoms with E-state index in [9.17, 15) is 27.2 Å². The second kappa shape index (κ2) is 8.51.